The SMILES string of the molecule is CCN1CCC(CCOC)c2cc(Br)cnc21. The minimum absolute atomic E-state index is 0.581. The molecule has 0 saturated carbocycles. The second-order valence-corrected chi connectivity index (χ2v) is 5.33. The highest BCUT2D eigenvalue weighted by atomic mass is 79.9. The molecule has 94 valence electrons. The van der Waals surface area contributed by atoms with Gasteiger partial charge in [-0.15, -0.1) is 0 Å². The van der Waals surface area contributed by atoms with Crippen molar-refractivity contribution in [3.63, 3.8) is 0 Å². The molecule has 1 unspecified atom stereocenters. The second-order valence-electron chi connectivity index (χ2n) is 4.41. The molecular formula is C13H19BrN2O. The van der Waals surface area contributed by atoms with Gasteiger partial charge in [-0.2, -0.15) is 0 Å². The third-order valence-electron chi connectivity index (χ3n) is 3.40. The first-order valence-corrected chi connectivity index (χ1v) is 6.95. The summed E-state index contributed by atoms with van der Waals surface area (Å²) in [5.41, 5.74) is 1.37. The first-order valence-electron chi connectivity index (χ1n) is 6.15. The molecule has 1 aliphatic rings. The fraction of sp³-hybridized carbons (Fsp3) is 0.615. The highest BCUT2D eigenvalue weighted by Crippen LogP contribution is 2.36. The van der Waals surface area contributed by atoms with Crippen molar-refractivity contribution in [2.24, 2.45) is 0 Å². The Balaban J connectivity index is 2.27. The number of nitrogens with zero attached hydrogens (tertiary/aromatic N) is 2. The highest BCUT2D eigenvalue weighted by Gasteiger charge is 2.25. The maximum Gasteiger partial charge on any atom is 0.132 e. The minimum Gasteiger partial charge on any atom is -0.385 e. The smallest absolute Gasteiger partial charge is 0.132 e. The van der Waals surface area contributed by atoms with E-state index in [9.17, 15) is 0 Å². The number of anilines is 1. The molecule has 0 spiro atoms. The number of hydrogen-bond donors (Lipinski definition) is 0. The number of fused-ring (bicyclic) bond motifs is 1. The Morgan fingerprint density at radius 1 is 1.59 bits per heavy atom. The highest BCUT2D eigenvalue weighted by molar-refractivity contribution is 9.10. The van der Waals surface area contributed by atoms with Crippen LogP contribution < -0.4 is 4.90 Å². The monoisotopic (exact) mass is 298 g/mol. The number of pyridine rings is 1. The Hall–Kier alpha value is -0.610. The van der Waals surface area contributed by atoms with Gasteiger partial charge in [-0.3, -0.25) is 0 Å². The summed E-state index contributed by atoms with van der Waals surface area (Å²) in [5.74, 6) is 1.74. The molecule has 0 aromatic carbocycles. The van der Waals surface area contributed by atoms with Crippen LogP contribution in [-0.2, 0) is 4.74 Å². The number of methoxy groups -OCH3 is 1. The van der Waals surface area contributed by atoms with Crippen LogP contribution in [0.5, 0.6) is 0 Å². The minimum atomic E-state index is 0.581. The first-order chi connectivity index (χ1) is 8.26. The van der Waals surface area contributed by atoms with Gasteiger partial charge in [-0.1, -0.05) is 0 Å². The molecule has 0 N–H and O–H groups in total. The van der Waals surface area contributed by atoms with Crippen molar-refractivity contribution in [1.29, 1.82) is 0 Å². The van der Waals surface area contributed by atoms with Crippen LogP contribution in [0.3, 0.4) is 0 Å². The Kier molecular flexibility index (Phi) is 4.40. The Morgan fingerprint density at radius 2 is 2.41 bits per heavy atom. The van der Waals surface area contributed by atoms with E-state index in [1.807, 2.05) is 6.20 Å². The maximum absolute atomic E-state index is 5.20. The molecule has 4 heteroatoms. The largest absolute Gasteiger partial charge is 0.385 e. The molecule has 0 bridgehead atoms. The van der Waals surface area contributed by atoms with Crippen molar-refractivity contribution < 1.29 is 4.74 Å². The van der Waals surface area contributed by atoms with Gasteiger partial charge in [0.15, 0.2) is 0 Å². The lowest BCUT2D eigenvalue weighted by Crippen LogP contribution is -2.32. The van der Waals surface area contributed by atoms with Crippen LogP contribution in [0.15, 0.2) is 16.7 Å². The van der Waals surface area contributed by atoms with E-state index in [1.165, 1.54) is 12.0 Å². The standard InChI is InChI=1S/C13H19BrN2O/c1-3-16-6-4-10(5-7-17-2)12-8-11(14)9-15-13(12)16/h8-10H,3-7H2,1-2H3. The Morgan fingerprint density at radius 3 is 3.12 bits per heavy atom. The molecular weight excluding hydrogens is 280 g/mol. The van der Waals surface area contributed by atoms with Gasteiger partial charge < -0.3 is 9.64 Å². The summed E-state index contributed by atoms with van der Waals surface area (Å²) in [5, 5.41) is 0. The van der Waals surface area contributed by atoms with Crippen molar-refractivity contribution in [2.75, 3.05) is 31.7 Å². The van der Waals surface area contributed by atoms with Crippen LogP contribution in [0.1, 0.15) is 31.2 Å². The molecule has 0 radical (unpaired) electrons. The van der Waals surface area contributed by atoms with E-state index < -0.39 is 0 Å². The van der Waals surface area contributed by atoms with Crippen LogP contribution in [0, 0.1) is 0 Å². The van der Waals surface area contributed by atoms with Crippen molar-refractivity contribution in [2.45, 2.75) is 25.7 Å². The van der Waals surface area contributed by atoms with Crippen molar-refractivity contribution in [3.05, 3.63) is 22.3 Å². The van der Waals surface area contributed by atoms with Gasteiger partial charge in [0.1, 0.15) is 5.82 Å². The number of hydrogen-bond acceptors (Lipinski definition) is 3. The average molecular weight is 299 g/mol. The number of ether oxygens (including phenoxy) is 1. The van der Waals surface area contributed by atoms with E-state index in [4.69, 9.17) is 4.74 Å². The zero-order chi connectivity index (χ0) is 12.3. The third kappa shape index (κ3) is 2.80. The van der Waals surface area contributed by atoms with Gasteiger partial charge in [0.2, 0.25) is 0 Å². The van der Waals surface area contributed by atoms with Gasteiger partial charge in [0.05, 0.1) is 0 Å². The van der Waals surface area contributed by atoms with Crippen molar-refractivity contribution in [3.8, 4) is 0 Å². The summed E-state index contributed by atoms with van der Waals surface area (Å²) in [7, 11) is 1.77. The summed E-state index contributed by atoms with van der Waals surface area (Å²) in [6.45, 7) is 5.14. The zero-order valence-corrected chi connectivity index (χ0v) is 12.0. The van der Waals surface area contributed by atoms with Crippen molar-refractivity contribution in [1.82, 2.24) is 4.98 Å². The second kappa shape index (κ2) is 5.83. The van der Waals surface area contributed by atoms with E-state index in [0.29, 0.717) is 5.92 Å². The molecule has 0 fully saturated rings. The molecule has 1 aliphatic heterocycles. The van der Waals surface area contributed by atoms with Crippen LogP contribution in [0.4, 0.5) is 5.82 Å². The molecule has 2 rings (SSSR count). The molecule has 1 aromatic rings. The lowest BCUT2D eigenvalue weighted by atomic mass is 9.89. The average Bonchev–Trinajstić information content (AvgIpc) is 2.35. The fourth-order valence-electron chi connectivity index (χ4n) is 2.45. The summed E-state index contributed by atoms with van der Waals surface area (Å²) in [6.07, 6.45) is 4.17. The van der Waals surface area contributed by atoms with Gasteiger partial charge in [-0.05, 0) is 53.2 Å². The van der Waals surface area contributed by atoms with Gasteiger partial charge in [0.25, 0.3) is 0 Å². The number of halogens is 1. The first kappa shape index (κ1) is 12.8. The molecule has 3 nitrogen and oxygen atoms in total. The van der Waals surface area contributed by atoms with E-state index >= 15 is 0 Å². The molecule has 2 heterocycles. The third-order valence-corrected chi connectivity index (χ3v) is 3.83. The van der Waals surface area contributed by atoms with Crippen LogP contribution in [0.25, 0.3) is 0 Å². The Bertz CT molecular complexity index is 384. The molecule has 0 amide bonds. The van der Waals surface area contributed by atoms with Crippen LogP contribution in [-0.4, -0.2) is 31.8 Å². The van der Waals surface area contributed by atoms with Crippen LogP contribution in [0.2, 0.25) is 0 Å². The summed E-state index contributed by atoms with van der Waals surface area (Å²) in [4.78, 5) is 6.92. The molecule has 17 heavy (non-hydrogen) atoms. The molecule has 0 aliphatic carbocycles. The van der Waals surface area contributed by atoms with Crippen molar-refractivity contribution >= 4 is 21.7 Å². The molecule has 1 aromatic heterocycles. The lowest BCUT2D eigenvalue weighted by Gasteiger charge is -2.34. The number of rotatable bonds is 4. The fourth-order valence-corrected chi connectivity index (χ4v) is 2.80. The lowest BCUT2D eigenvalue weighted by molar-refractivity contribution is 0.186. The predicted octanol–water partition coefficient (Wildman–Crippen LogP) is 3.19. The maximum atomic E-state index is 5.20. The molecule has 1 atom stereocenters. The molecule has 0 saturated heterocycles. The summed E-state index contributed by atoms with van der Waals surface area (Å²) < 4.78 is 6.26. The summed E-state index contributed by atoms with van der Waals surface area (Å²) in [6, 6.07) is 2.21. The quantitative estimate of drug-likeness (QED) is 0.853. The zero-order valence-electron chi connectivity index (χ0n) is 10.4. The van der Waals surface area contributed by atoms with Gasteiger partial charge in [-0.25, -0.2) is 4.98 Å². The van der Waals surface area contributed by atoms with E-state index in [-0.39, 0.29) is 0 Å². The van der Waals surface area contributed by atoms with E-state index in [2.05, 4.69) is 38.8 Å². The van der Waals surface area contributed by atoms with E-state index in [0.717, 1.165) is 36.4 Å². The van der Waals surface area contributed by atoms with Crippen LogP contribution >= 0.6 is 15.9 Å². The van der Waals surface area contributed by atoms with Gasteiger partial charge >= 0.3 is 0 Å². The van der Waals surface area contributed by atoms with Gasteiger partial charge in [0, 0.05) is 37.5 Å². The van der Waals surface area contributed by atoms with E-state index in [1.54, 1.807) is 7.11 Å². The normalized spacial score (nSPS) is 19.2. The predicted molar refractivity (Wildman–Crippen MR) is 73.7 cm³/mol. The Labute approximate surface area is 111 Å². The topological polar surface area (TPSA) is 25.4 Å². The summed E-state index contributed by atoms with van der Waals surface area (Å²) >= 11 is 3.52. The number of aromatic nitrogens is 1.